The van der Waals surface area contributed by atoms with Gasteiger partial charge in [0, 0.05) is 51.3 Å². The Morgan fingerprint density at radius 1 is 1.18 bits per heavy atom. The van der Waals surface area contributed by atoms with Crippen LogP contribution in [0.25, 0.3) is 0 Å². The highest BCUT2D eigenvalue weighted by Gasteiger charge is 2.47. The highest BCUT2D eigenvalue weighted by Crippen LogP contribution is 2.43. The zero-order valence-corrected chi connectivity index (χ0v) is 28.4. The minimum Gasteiger partial charge on any atom is -0.461 e. The van der Waals surface area contributed by atoms with Crippen molar-refractivity contribution in [3.05, 3.63) is 63.8 Å². The Bertz CT molecular complexity index is 1910. The van der Waals surface area contributed by atoms with Crippen molar-refractivity contribution in [3.8, 4) is 17.9 Å². The van der Waals surface area contributed by atoms with Crippen LogP contribution < -0.4 is 15.4 Å². The number of anilines is 2. The molecule has 50 heavy (non-hydrogen) atoms. The molecule has 0 spiro atoms. The van der Waals surface area contributed by atoms with Gasteiger partial charge >= 0.3 is 12.2 Å². The molecule has 0 bridgehead atoms. The molecule has 4 aliphatic rings. The van der Waals surface area contributed by atoms with Gasteiger partial charge in [-0.3, -0.25) is 14.4 Å². The molecule has 2 N–H and O–H groups in total. The van der Waals surface area contributed by atoms with Crippen molar-refractivity contribution in [1.82, 2.24) is 34.5 Å². The molecule has 2 saturated heterocycles. The Morgan fingerprint density at radius 3 is 2.76 bits per heavy atom. The van der Waals surface area contributed by atoms with Gasteiger partial charge < -0.3 is 25.0 Å². The number of ether oxygens (including phenoxy) is 2. The van der Waals surface area contributed by atoms with Crippen molar-refractivity contribution in [1.29, 1.82) is 0 Å². The van der Waals surface area contributed by atoms with E-state index in [1.54, 1.807) is 20.2 Å². The zero-order chi connectivity index (χ0) is 35.4. The molecule has 15 heteroatoms. The highest BCUT2D eigenvalue weighted by atomic mass is 19.4. The van der Waals surface area contributed by atoms with E-state index in [0.29, 0.717) is 55.4 Å². The average Bonchev–Trinajstić information content (AvgIpc) is 3.69. The number of alkyl halides is 3. The summed E-state index contributed by atoms with van der Waals surface area (Å²) in [5.74, 6) is 5.38. The third-order valence-electron chi connectivity index (χ3n) is 9.92. The van der Waals surface area contributed by atoms with E-state index < -0.39 is 17.8 Å². The Morgan fingerprint density at radius 2 is 2.00 bits per heavy atom. The monoisotopic (exact) mass is 691 g/mol. The Hall–Kier alpha value is -4.68. The number of hydrogen-bond acceptors (Lipinski definition) is 10. The maximum Gasteiger partial charge on any atom is 0.419 e. The maximum atomic E-state index is 14.5. The van der Waals surface area contributed by atoms with Crippen LogP contribution >= 0.6 is 0 Å². The molecule has 2 fully saturated rings. The van der Waals surface area contributed by atoms with E-state index >= 15 is 0 Å². The lowest BCUT2D eigenvalue weighted by Crippen LogP contribution is -2.43. The van der Waals surface area contributed by atoms with Gasteiger partial charge in [0.25, 0.3) is 5.91 Å². The Labute approximate surface area is 288 Å². The van der Waals surface area contributed by atoms with Crippen molar-refractivity contribution in [2.75, 3.05) is 51.0 Å². The van der Waals surface area contributed by atoms with Crippen LogP contribution in [0.3, 0.4) is 0 Å². The maximum absolute atomic E-state index is 14.5. The lowest BCUT2D eigenvalue weighted by atomic mass is 9.94. The minimum atomic E-state index is -4.75. The third kappa shape index (κ3) is 6.26. The average molecular weight is 692 g/mol. The normalized spacial score (nSPS) is 21.9. The number of aromatic nitrogens is 5. The molecule has 12 nitrogen and oxygen atoms in total. The van der Waals surface area contributed by atoms with Gasteiger partial charge in [-0.2, -0.15) is 28.2 Å². The summed E-state index contributed by atoms with van der Waals surface area (Å²) in [7, 11) is 3.36. The SMILES string of the molecule is C=C1CN2CCC[C@@]2(COc2nc3c(c(N4CCCn5nc(C(=O)N(C)C)cc5C4)n2)CO[C@H](c2nc(N)cc(C#CC)c2C(F)(F)F)C3)C1. The van der Waals surface area contributed by atoms with Gasteiger partial charge in [0.15, 0.2) is 5.69 Å². The van der Waals surface area contributed by atoms with Crippen LogP contribution in [0.15, 0.2) is 24.3 Å². The standard InChI is InChI=1S/C35H40F3N9O3/c1-5-8-22-13-28(39)41-30(29(22)35(36,37)38)27-15-25-24(19-49-27)31(42-33(40-25)50-20-34-9-6-11-46(34)17-21(2)16-34)45-10-7-12-47-23(18-45)14-26(43-47)32(48)44(3)4/h13-14,27H,2,6-7,9-12,15-20H2,1,3-4H3,(H2,39,41)/t27-,34-/m0/s1. The molecule has 264 valence electrons. The van der Waals surface area contributed by atoms with Gasteiger partial charge in [-0.15, -0.1) is 5.92 Å². The van der Waals surface area contributed by atoms with Crippen molar-refractivity contribution < 1.29 is 27.4 Å². The van der Waals surface area contributed by atoms with E-state index in [1.807, 2.05) is 4.68 Å². The van der Waals surface area contributed by atoms with Crippen LogP contribution in [-0.2, 0) is 37.0 Å². The summed E-state index contributed by atoms with van der Waals surface area (Å²) in [4.78, 5) is 32.5. The van der Waals surface area contributed by atoms with Crippen molar-refractivity contribution in [2.45, 2.75) is 76.5 Å². The number of nitrogens with zero attached hydrogens (tertiary/aromatic N) is 8. The molecular formula is C35H40F3N9O3. The highest BCUT2D eigenvalue weighted by molar-refractivity contribution is 5.92. The molecule has 4 aliphatic heterocycles. The summed E-state index contributed by atoms with van der Waals surface area (Å²) in [6.07, 6.45) is -2.28. The predicted molar refractivity (Wildman–Crippen MR) is 178 cm³/mol. The summed E-state index contributed by atoms with van der Waals surface area (Å²) in [5.41, 5.74) is 7.79. The molecule has 0 radical (unpaired) electrons. The summed E-state index contributed by atoms with van der Waals surface area (Å²) in [5, 5.41) is 4.56. The molecule has 3 aromatic rings. The molecule has 7 rings (SSSR count). The first kappa shape index (κ1) is 33.8. The fourth-order valence-electron chi connectivity index (χ4n) is 7.70. The fourth-order valence-corrected chi connectivity index (χ4v) is 7.70. The van der Waals surface area contributed by atoms with Crippen LogP contribution in [0.5, 0.6) is 6.01 Å². The van der Waals surface area contributed by atoms with E-state index in [9.17, 15) is 18.0 Å². The number of halogens is 3. The van der Waals surface area contributed by atoms with Crippen molar-refractivity contribution >= 4 is 17.5 Å². The first-order valence-corrected chi connectivity index (χ1v) is 16.7. The summed E-state index contributed by atoms with van der Waals surface area (Å²) in [6, 6.07) is 3.07. The van der Waals surface area contributed by atoms with Gasteiger partial charge in [-0.25, -0.2) is 4.98 Å². The Balaban J connectivity index is 1.27. The van der Waals surface area contributed by atoms with Crippen molar-refractivity contribution in [3.63, 3.8) is 0 Å². The number of amides is 1. The largest absolute Gasteiger partial charge is 0.461 e. The molecule has 0 unspecified atom stereocenters. The number of rotatable bonds is 6. The molecule has 3 aromatic heterocycles. The lowest BCUT2D eigenvalue weighted by molar-refractivity contribution is -0.140. The number of nitrogen functional groups attached to an aromatic ring is 1. The van der Waals surface area contributed by atoms with Crippen LogP contribution in [0.4, 0.5) is 24.8 Å². The second kappa shape index (κ2) is 12.9. The van der Waals surface area contributed by atoms with Gasteiger partial charge in [0.1, 0.15) is 24.3 Å². The van der Waals surface area contributed by atoms with Gasteiger partial charge in [0.2, 0.25) is 0 Å². The summed E-state index contributed by atoms with van der Waals surface area (Å²) >= 11 is 0. The number of carbonyl (C=O) groups excluding carboxylic acids is 1. The van der Waals surface area contributed by atoms with E-state index in [1.165, 1.54) is 11.8 Å². The van der Waals surface area contributed by atoms with Crippen molar-refractivity contribution in [2.24, 2.45) is 0 Å². The third-order valence-corrected chi connectivity index (χ3v) is 9.92. The van der Waals surface area contributed by atoms with Crippen LogP contribution in [0.2, 0.25) is 0 Å². The number of aryl methyl sites for hydroxylation is 1. The molecule has 1 amide bonds. The summed E-state index contributed by atoms with van der Waals surface area (Å²) < 4.78 is 58.0. The first-order valence-electron chi connectivity index (χ1n) is 16.7. The van der Waals surface area contributed by atoms with E-state index in [2.05, 4.69) is 38.3 Å². The number of nitrogens with two attached hydrogens (primary N) is 1. The Kier molecular flexibility index (Phi) is 8.72. The zero-order valence-electron chi connectivity index (χ0n) is 28.4. The molecule has 0 aliphatic carbocycles. The topological polar surface area (TPSA) is 128 Å². The van der Waals surface area contributed by atoms with Gasteiger partial charge in [-0.05, 0) is 51.3 Å². The number of fused-ring (bicyclic) bond motifs is 3. The van der Waals surface area contributed by atoms with E-state index in [0.717, 1.165) is 49.7 Å². The molecule has 2 atom stereocenters. The van der Waals surface area contributed by atoms with Crippen LogP contribution in [0, 0.1) is 11.8 Å². The lowest BCUT2D eigenvalue weighted by Gasteiger charge is -2.33. The van der Waals surface area contributed by atoms with Crippen LogP contribution in [-0.4, -0.2) is 86.3 Å². The molecular weight excluding hydrogens is 651 g/mol. The summed E-state index contributed by atoms with van der Waals surface area (Å²) in [6.45, 7) is 9.40. The fraction of sp³-hybridized carbons (Fsp3) is 0.514. The number of carbonyl (C=O) groups is 1. The van der Waals surface area contributed by atoms with Gasteiger partial charge in [-0.1, -0.05) is 18.1 Å². The minimum absolute atomic E-state index is 0.0128. The predicted octanol–water partition coefficient (Wildman–Crippen LogP) is 4.14. The quantitative estimate of drug-likeness (QED) is 0.298. The first-order chi connectivity index (χ1) is 23.8. The smallest absolute Gasteiger partial charge is 0.419 e. The van der Waals surface area contributed by atoms with Crippen LogP contribution in [0.1, 0.15) is 83.0 Å². The second-order valence-electron chi connectivity index (χ2n) is 13.7. The number of pyridine rings is 1. The second-order valence-corrected chi connectivity index (χ2v) is 13.7. The molecule has 0 aromatic carbocycles. The van der Waals surface area contributed by atoms with E-state index in [-0.39, 0.29) is 47.6 Å². The van der Waals surface area contributed by atoms with E-state index in [4.69, 9.17) is 25.2 Å². The molecule has 0 saturated carbocycles. The molecule has 7 heterocycles. The number of hydrogen-bond donors (Lipinski definition) is 1. The van der Waals surface area contributed by atoms with Gasteiger partial charge in [0.05, 0.1) is 41.3 Å².